The zero-order chi connectivity index (χ0) is 4.41. The van der Waals surface area contributed by atoms with Gasteiger partial charge in [0, 0.05) is 0 Å². The maximum absolute atomic E-state index is 7.97. The minimum Gasteiger partial charge on any atom is -0.411 e. The SMILES string of the molecule is ON=C1CCC1. The summed E-state index contributed by atoms with van der Waals surface area (Å²) in [7, 11) is 0. The van der Waals surface area contributed by atoms with Crippen LogP contribution in [-0.2, 0) is 0 Å². The molecule has 0 radical (unpaired) electrons. The zero-order valence-electron chi connectivity index (χ0n) is 3.52. The van der Waals surface area contributed by atoms with E-state index in [-0.39, 0.29) is 0 Å². The van der Waals surface area contributed by atoms with Gasteiger partial charge in [-0.15, -0.1) is 0 Å². The van der Waals surface area contributed by atoms with Gasteiger partial charge in [0.2, 0.25) is 0 Å². The fraction of sp³-hybridized carbons (Fsp3) is 0.750. The lowest BCUT2D eigenvalue weighted by molar-refractivity contribution is 0.313. The van der Waals surface area contributed by atoms with Crippen LogP contribution in [0.5, 0.6) is 0 Å². The summed E-state index contributed by atoms with van der Waals surface area (Å²) in [5.41, 5.74) is 0.954. The van der Waals surface area contributed by atoms with E-state index in [2.05, 4.69) is 5.16 Å². The van der Waals surface area contributed by atoms with Gasteiger partial charge >= 0.3 is 0 Å². The molecule has 0 heterocycles. The van der Waals surface area contributed by atoms with Crippen molar-refractivity contribution in [3.05, 3.63) is 0 Å². The van der Waals surface area contributed by atoms with Crippen LogP contribution in [0, 0.1) is 0 Å². The van der Waals surface area contributed by atoms with Gasteiger partial charge in [0.05, 0.1) is 5.71 Å². The first-order valence-corrected chi connectivity index (χ1v) is 2.13. The Kier molecular flexibility index (Phi) is 0.783. The van der Waals surface area contributed by atoms with Gasteiger partial charge in [-0.05, 0) is 19.3 Å². The van der Waals surface area contributed by atoms with Gasteiger partial charge in [-0.3, -0.25) is 0 Å². The van der Waals surface area contributed by atoms with Gasteiger partial charge in [-0.2, -0.15) is 0 Å². The summed E-state index contributed by atoms with van der Waals surface area (Å²) in [6.45, 7) is 0. The largest absolute Gasteiger partial charge is 0.411 e. The van der Waals surface area contributed by atoms with Gasteiger partial charge in [0.25, 0.3) is 0 Å². The quantitative estimate of drug-likeness (QED) is 0.345. The van der Waals surface area contributed by atoms with E-state index >= 15 is 0 Å². The van der Waals surface area contributed by atoms with Crippen LogP contribution < -0.4 is 0 Å². The third kappa shape index (κ3) is 0.379. The van der Waals surface area contributed by atoms with Gasteiger partial charge in [-0.1, -0.05) is 5.16 Å². The Morgan fingerprint density at radius 3 is 2.17 bits per heavy atom. The molecule has 0 spiro atoms. The number of oxime groups is 1. The maximum Gasteiger partial charge on any atom is 0.0571 e. The van der Waals surface area contributed by atoms with Gasteiger partial charge in [-0.25, -0.2) is 0 Å². The summed E-state index contributed by atoms with van der Waals surface area (Å²) >= 11 is 0. The van der Waals surface area contributed by atoms with Crippen molar-refractivity contribution >= 4 is 5.71 Å². The summed E-state index contributed by atoms with van der Waals surface area (Å²) in [5.74, 6) is 0. The van der Waals surface area contributed by atoms with Crippen molar-refractivity contribution < 1.29 is 5.21 Å². The Balaban J connectivity index is 2.34. The molecule has 1 fully saturated rings. The van der Waals surface area contributed by atoms with Crippen LogP contribution in [0.3, 0.4) is 0 Å². The minimum absolute atomic E-state index is 0.954. The van der Waals surface area contributed by atoms with Crippen molar-refractivity contribution in [3.8, 4) is 0 Å². The van der Waals surface area contributed by atoms with E-state index in [1.54, 1.807) is 0 Å². The molecular weight excluding hydrogens is 78.0 g/mol. The monoisotopic (exact) mass is 85.1 g/mol. The molecule has 1 rings (SSSR count). The Labute approximate surface area is 36.5 Å². The van der Waals surface area contributed by atoms with Gasteiger partial charge in [0.1, 0.15) is 0 Å². The molecule has 0 amide bonds. The number of nitrogens with zero attached hydrogens (tertiary/aromatic N) is 1. The van der Waals surface area contributed by atoms with Crippen molar-refractivity contribution in [2.75, 3.05) is 0 Å². The van der Waals surface area contributed by atoms with Crippen molar-refractivity contribution in [3.63, 3.8) is 0 Å². The molecule has 0 aromatic rings. The normalized spacial score (nSPS) is 19.7. The number of hydrogen-bond donors (Lipinski definition) is 1. The number of hydrogen-bond acceptors (Lipinski definition) is 2. The second-order valence-corrected chi connectivity index (χ2v) is 1.52. The van der Waals surface area contributed by atoms with Crippen molar-refractivity contribution in [2.45, 2.75) is 19.3 Å². The van der Waals surface area contributed by atoms with E-state index in [4.69, 9.17) is 5.21 Å². The molecule has 1 saturated carbocycles. The fourth-order valence-electron chi connectivity index (χ4n) is 0.435. The Bertz CT molecular complexity index is 71.6. The summed E-state index contributed by atoms with van der Waals surface area (Å²) in [5, 5.41) is 11.0. The lowest BCUT2D eigenvalue weighted by Gasteiger charge is -2.10. The molecule has 2 nitrogen and oxygen atoms in total. The first kappa shape index (κ1) is 3.65. The van der Waals surface area contributed by atoms with Crippen molar-refractivity contribution in [1.82, 2.24) is 0 Å². The molecular formula is C4H7NO. The molecule has 0 aromatic heterocycles. The average Bonchev–Trinajstić information content (AvgIpc) is 1.31. The van der Waals surface area contributed by atoms with E-state index in [0.717, 1.165) is 18.6 Å². The molecule has 0 bridgehead atoms. The molecule has 2 heteroatoms. The molecule has 1 aliphatic carbocycles. The van der Waals surface area contributed by atoms with Gasteiger partial charge in [0.15, 0.2) is 0 Å². The second-order valence-electron chi connectivity index (χ2n) is 1.52. The topological polar surface area (TPSA) is 32.6 Å². The van der Waals surface area contributed by atoms with E-state index < -0.39 is 0 Å². The van der Waals surface area contributed by atoms with Crippen LogP contribution in [0.25, 0.3) is 0 Å². The van der Waals surface area contributed by atoms with E-state index in [1.807, 2.05) is 0 Å². The highest BCUT2D eigenvalue weighted by atomic mass is 16.4. The molecule has 0 aliphatic heterocycles. The van der Waals surface area contributed by atoms with Crippen LogP contribution >= 0.6 is 0 Å². The predicted molar refractivity (Wildman–Crippen MR) is 23.1 cm³/mol. The molecule has 0 aromatic carbocycles. The van der Waals surface area contributed by atoms with Crippen molar-refractivity contribution in [2.24, 2.45) is 5.16 Å². The fourth-order valence-corrected chi connectivity index (χ4v) is 0.435. The van der Waals surface area contributed by atoms with Crippen LogP contribution in [-0.4, -0.2) is 10.9 Å². The first-order chi connectivity index (χ1) is 2.93. The third-order valence-corrected chi connectivity index (χ3v) is 1.07. The summed E-state index contributed by atoms with van der Waals surface area (Å²) in [4.78, 5) is 0. The minimum atomic E-state index is 0.954. The molecule has 0 unspecified atom stereocenters. The van der Waals surface area contributed by atoms with Crippen LogP contribution in [0.2, 0.25) is 0 Å². The van der Waals surface area contributed by atoms with Crippen LogP contribution in [0.15, 0.2) is 5.16 Å². The smallest absolute Gasteiger partial charge is 0.0571 e. The third-order valence-electron chi connectivity index (χ3n) is 1.07. The summed E-state index contributed by atoms with van der Waals surface area (Å²) < 4.78 is 0. The Morgan fingerprint density at radius 2 is 2.17 bits per heavy atom. The van der Waals surface area contributed by atoms with Crippen LogP contribution in [0.4, 0.5) is 0 Å². The molecule has 1 N–H and O–H groups in total. The Hall–Kier alpha value is -0.530. The first-order valence-electron chi connectivity index (χ1n) is 2.13. The number of rotatable bonds is 0. The summed E-state index contributed by atoms with van der Waals surface area (Å²) in [6.07, 6.45) is 3.23. The Morgan fingerprint density at radius 1 is 1.50 bits per heavy atom. The van der Waals surface area contributed by atoms with Gasteiger partial charge < -0.3 is 5.21 Å². The zero-order valence-corrected chi connectivity index (χ0v) is 3.52. The highest BCUT2D eigenvalue weighted by Gasteiger charge is 2.08. The lowest BCUT2D eigenvalue weighted by atomic mass is 9.98. The molecule has 0 saturated heterocycles. The highest BCUT2D eigenvalue weighted by Crippen LogP contribution is 2.12. The predicted octanol–water partition coefficient (Wildman–Crippen LogP) is 1.00. The molecule has 6 heavy (non-hydrogen) atoms. The molecule has 1 aliphatic rings. The van der Waals surface area contributed by atoms with Crippen LogP contribution in [0.1, 0.15) is 19.3 Å². The highest BCUT2D eigenvalue weighted by molar-refractivity contribution is 5.88. The molecule has 34 valence electrons. The van der Waals surface area contributed by atoms with Crippen molar-refractivity contribution in [1.29, 1.82) is 0 Å². The van der Waals surface area contributed by atoms with E-state index in [9.17, 15) is 0 Å². The molecule has 0 atom stereocenters. The summed E-state index contributed by atoms with van der Waals surface area (Å²) in [6, 6.07) is 0. The standard InChI is InChI=1S/C4H7NO/c6-5-4-2-1-3-4/h6H,1-3H2. The second kappa shape index (κ2) is 1.29. The average molecular weight is 85.1 g/mol. The lowest BCUT2D eigenvalue weighted by Crippen LogP contribution is -2.08. The van der Waals surface area contributed by atoms with E-state index in [1.165, 1.54) is 6.42 Å². The van der Waals surface area contributed by atoms with E-state index in [0.29, 0.717) is 0 Å². The maximum atomic E-state index is 7.97.